The molecule has 0 heterocycles. The van der Waals surface area contributed by atoms with E-state index in [0.717, 1.165) is 11.3 Å². The fraction of sp³-hybridized carbons (Fsp3) is 0.188. The summed E-state index contributed by atoms with van der Waals surface area (Å²) in [6, 6.07) is 13.1. The van der Waals surface area contributed by atoms with Crippen molar-refractivity contribution in [2.24, 2.45) is 0 Å². The number of benzene rings is 2. The summed E-state index contributed by atoms with van der Waals surface area (Å²) in [4.78, 5) is 11.9. The van der Waals surface area contributed by atoms with Crippen LogP contribution in [0.2, 0.25) is 0 Å². The molecule has 1 amide bonds. The summed E-state index contributed by atoms with van der Waals surface area (Å²) in [5.41, 5.74) is 1.46. The second-order valence-corrected chi connectivity index (χ2v) is 7.38. The van der Waals surface area contributed by atoms with E-state index >= 15 is 0 Å². The van der Waals surface area contributed by atoms with Gasteiger partial charge in [0.2, 0.25) is 0 Å². The molecule has 0 saturated heterocycles. The lowest BCUT2D eigenvalue weighted by Crippen LogP contribution is -2.25. The van der Waals surface area contributed by atoms with E-state index in [-0.39, 0.29) is 10.8 Å². The van der Waals surface area contributed by atoms with Gasteiger partial charge in [-0.05, 0) is 48.4 Å². The van der Waals surface area contributed by atoms with Gasteiger partial charge in [-0.2, -0.15) is 0 Å². The zero-order chi connectivity index (χ0) is 16.9. The van der Waals surface area contributed by atoms with Crippen LogP contribution in [0.3, 0.4) is 0 Å². The summed E-state index contributed by atoms with van der Waals surface area (Å²) in [7, 11) is 3.06. The molecule has 7 heteroatoms. The Kier molecular flexibility index (Phi) is 5.63. The standard InChI is InChI=1S/C16H16ClNO4S/c1-22-14-6-2-12(3-7-14)10-11-18-16(19)13-4-8-15(9-5-13)23(17,20)21/h2-9H,10-11H2,1H3,(H,18,19). The molecule has 0 aliphatic carbocycles. The Morgan fingerprint density at radius 3 is 2.22 bits per heavy atom. The van der Waals surface area contributed by atoms with Gasteiger partial charge in [-0.25, -0.2) is 8.42 Å². The molecule has 0 radical (unpaired) electrons. The second-order valence-electron chi connectivity index (χ2n) is 4.82. The number of rotatable bonds is 6. The Bertz CT molecular complexity index is 771. The highest BCUT2D eigenvalue weighted by Crippen LogP contribution is 2.15. The van der Waals surface area contributed by atoms with E-state index in [0.29, 0.717) is 18.5 Å². The summed E-state index contributed by atoms with van der Waals surface area (Å²) in [5, 5.41) is 2.78. The number of carbonyl (C=O) groups excluding carboxylic acids is 1. The molecular weight excluding hydrogens is 338 g/mol. The van der Waals surface area contributed by atoms with E-state index in [1.807, 2.05) is 24.3 Å². The quantitative estimate of drug-likeness (QED) is 0.810. The van der Waals surface area contributed by atoms with Gasteiger partial charge in [-0.1, -0.05) is 12.1 Å². The molecular formula is C16H16ClNO4S. The SMILES string of the molecule is COc1ccc(CCNC(=O)c2ccc(S(=O)(=O)Cl)cc2)cc1. The first kappa shape index (κ1) is 17.3. The van der Waals surface area contributed by atoms with Crippen molar-refractivity contribution in [3.05, 3.63) is 59.7 Å². The normalized spacial score (nSPS) is 11.0. The first-order valence-electron chi connectivity index (χ1n) is 6.86. The summed E-state index contributed by atoms with van der Waals surface area (Å²) in [6.45, 7) is 0.473. The monoisotopic (exact) mass is 353 g/mol. The van der Waals surface area contributed by atoms with Gasteiger partial charge in [-0.3, -0.25) is 4.79 Å². The number of carbonyl (C=O) groups is 1. The summed E-state index contributed by atoms with van der Waals surface area (Å²) in [6.07, 6.45) is 0.684. The minimum atomic E-state index is -3.77. The van der Waals surface area contributed by atoms with Crippen LogP contribution < -0.4 is 10.1 Å². The van der Waals surface area contributed by atoms with Gasteiger partial charge in [0.1, 0.15) is 5.75 Å². The average Bonchev–Trinajstić information content (AvgIpc) is 2.54. The number of ether oxygens (including phenoxy) is 1. The number of hydrogen-bond acceptors (Lipinski definition) is 4. The van der Waals surface area contributed by atoms with Crippen LogP contribution in [0.5, 0.6) is 5.75 Å². The Morgan fingerprint density at radius 1 is 1.09 bits per heavy atom. The van der Waals surface area contributed by atoms with Crippen molar-refractivity contribution in [1.82, 2.24) is 5.32 Å². The van der Waals surface area contributed by atoms with E-state index < -0.39 is 9.05 Å². The number of hydrogen-bond donors (Lipinski definition) is 1. The zero-order valence-electron chi connectivity index (χ0n) is 12.5. The number of amides is 1. The van der Waals surface area contributed by atoms with E-state index in [9.17, 15) is 13.2 Å². The van der Waals surface area contributed by atoms with Crippen LogP contribution >= 0.6 is 10.7 Å². The first-order chi connectivity index (χ1) is 10.9. The molecule has 0 spiro atoms. The van der Waals surface area contributed by atoms with Crippen molar-refractivity contribution < 1.29 is 17.9 Å². The number of methoxy groups -OCH3 is 1. The first-order valence-corrected chi connectivity index (χ1v) is 9.17. The topological polar surface area (TPSA) is 72.5 Å². The van der Waals surface area contributed by atoms with Gasteiger partial charge in [-0.15, -0.1) is 0 Å². The minimum Gasteiger partial charge on any atom is -0.497 e. The number of halogens is 1. The fourth-order valence-corrected chi connectivity index (χ4v) is 2.75. The van der Waals surface area contributed by atoms with Crippen LogP contribution in [-0.4, -0.2) is 28.0 Å². The molecule has 0 unspecified atom stereocenters. The van der Waals surface area contributed by atoms with Gasteiger partial charge < -0.3 is 10.1 Å². The molecule has 2 aromatic rings. The smallest absolute Gasteiger partial charge is 0.261 e. The predicted octanol–water partition coefficient (Wildman–Crippen LogP) is 2.60. The highest BCUT2D eigenvalue weighted by molar-refractivity contribution is 8.13. The van der Waals surface area contributed by atoms with Crippen LogP contribution in [0, 0.1) is 0 Å². The highest BCUT2D eigenvalue weighted by Gasteiger charge is 2.11. The molecule has 0 aliphatic rings. The molecule has 1 N–H and O–H groups in total. The molecule has 2 rings (SSSR count). The zero-order valence-corrected chi connectivity index (χ0v) is 14.0. The van der Waals surface area contributed by atoms with Crippen molar-refractivity contribution >= 4 is 25.6 Å². The van der Waals surface area contributed by atoms with Gasteiger partial charge in [0.05, 0.1) is 12.0 Å². The lowest BCUT2D eigenvalue weighted by atomic mass is 10.1. The fourth-order valence-electron chi connectivity index (χ4n) is 1.98. The van der Waals surface area contributed by atoms with Crippen LogP contribution in [0.1, 0.15) is 15.9 Å². The van der Waals surface area contributed by atoms with E-state index in [2.05, 4.69) is 5.32 Å². The molecule has 0 aromatic heterocycles. The Morgan fingerprint density at radius 2 is 1.70 bits per heavy atom. The lowest BCUT2D eigenvalue weighted by molar-refractivity contribution is 0.0954. The molecule has 0 saturated carbocycles. The van der Waals surface area contributed by atoms with Gasteiger partial charge in [0.25, 0.3) is 15.0 Å². The van der Waals surface area contributed by atoms with E-state index in [1.54, 1.807) is 7.11 Å². The third kappa shape index (κ3) is 4.97. The van der Waals surface area contributed by atoms with Crippen molar-refractivity contribution in [2.75, 3.05) is 13.7 Å². The largest absolute Gasteiger partial charge is 0.497 e. The van der Waals surface area contributed by atoms with Crippen molar-refractivity contribution in [1.29, 1.82) is 0 Å². The molecule has 2 aromatic carbocycles. The Hall–Kier alpha value is -2.05. The highest BCUT2D eigenvalue weighted by atomic mass is 35.7. The minimum absolute atomic E-state index is 0.0334. The molecule has 0 fully saturated rings. The van der Waals surface area contributed by atoms with Crippen LogP contribution in [0.4, 0.5) is 0 Å². The van der Waals surface area contributed by atoms with Gasteiger partial charge in [0.15, 0.2) is 0 Å². The molecule has 0 atom stereocenters. The van der Waals surface area contributed by atoms with E-state index in [1.165, 1.54) is 24.3 Å². The maximum atomic E-state index is 12.0. The lowest BCUT2D eigenvalue weighted by Gasteiger charge is -2.07. The summed E-state index contributed by atoms with van der Waals surface area (Å²) < 4.78 is 27.4. The van der Waals surface area contributed by atoms with Gasteiger partial charge in [0, 0.05) is 22.8 Å². The summed E-state index contributed by atoms with van der Waals surface area (Å²) >= 11 is 0. The van der Waals surface area contributed by atoms with Crippen molar-refractivity contribution in [2.45, 2.75) is 11.3 Å². The average molecular weight is 354 g/mol. The van der Waals surface area contributed by atoms with Crippen LogP contribution in [0.15, 0.2) is 53.4 Å². The maximum Gasteiger partial charge on any atom is 0.261 e. The Labute approximate surface area is 139 Å². The summed E-state index contributed by atoms with van der Waals surface area (Å²) in [5.74, 6) is 0.518. The van der Waals surface area contributed by atoms with E-state index in [4.69, 9.17) is 15.4 Å². The maximum absolute atomic E-state index is 12.0. The van der Waals surface area contributed by atoms with Crippen LogP contribution in [-0.2, 0) is 15.5 Å². The van der Waals surface area contributed by atoms with Crippen molar-refractivity contribution in [3.8, 4) is 5.75 Å². The van der Waals surface area contributed by atoms with Crippen LogP contribution in [0.25, 0.3) is 0 Å². The number of nitrogens with one attached hydrogen (secondary N) is 1. The molecule has 5 nitrogen and oxygen atoms in total. The van der Waals surface area contributed by atoms with Crippen molar-refractivity contribution in [3.63, 3.8) is 0 Å². The molecule has 0 aliphatic heterocycles. The third-order valence-electron chi connectivity index (χ3n) is 3.26. The van der Waals surface area contributed by atoms with Gasteiger partial charge >= 0.3 is 0 Å². The second kappa shape index (κ2) is 7.48. The molecule has 23 heavy (non-hydrogen) atoms. The molecule has 0 bridgehead atoms. The molecule has 122 valence electrons. The predicted molar refractivity (Wildman–Crippen MR) is 88.5 cm³/mol. The Balaban J connectivity index is 1.89. The third-order valence-corrected chi connectivity index (χ3v) is 4.63.